The number of likely N-dealkylation sites (tertiary alicyclic amines) is 1. The Labute approximate surface area is 267 Å². The molecule has 0 radical (unpaired) electrons. The zero-order chi connectivity index (χ0) is 32.8. The highest BCUT2D eigenvalue weighted by molar-refractivity contribution is 5.90. The standard InChI is InChI=1S/C33H40F2N6O5/c1-5-25-14-29(31-28(7-8-30(38-31)44-4)41(25)33(43)45-6-2)40(19-24-12-22(15-34)11-23(13-24)16-35)32-36-17-27(18-37-32)46-26-9-10-39(20-26)21(3)42/h7-8,11-13,17-18,25-26,29H,5-6,9-10,14-16,19-20H2,1-4H3/t25?,26-,29?/m0/s1. The van der Waals surface area contributed by atoms with Crippen LogP contribution >= 0.6 is 0 Å². The minimum Gasteiger partial charge on any atom is -0.485 e. The van der Waals surface area contributed by atoms with Crippen LogP contribution in [0.4, 0.5) is 25.2 Å². The van der Waals surface area contributed by atoms with Crippen molar-refractivity contribution in [2.45, 2.75) is 78.1 Å². The van der Waals surface area contributed by atoms with Crippen molar-refractivity contribution < 1.29 is 32.6 Å². The Hall–Kier alpha value is -4.55. The van der Waals surface area contributed by atoms with Gasteiger partial charge in [0.05, 0.1) is 50.1 Å². The lowest BCUT2D eigenvalue weighted by atomic mass is 9.92. The van der Waals surface area contributed by atoms with Gasteiger partial charge in [0.15, 0.2) is 5.75 Å². The van der Waals surface area contributed by atoms with Crippen molar-refractivity contribution in [3.8, 4) is 11.6 Å². The van der Waals surface area contributed by atoms with Crippen molar-refractivity contribution in [1.29, 1.82) is 0 Å². The molecular formula is C33H40F2N6O5. The molecule has 1 fully saturated rings. The number of pyridine rings is 1. The number of methoxy groups -OCH3 is 1. The lowest BCUT2D eigenvalue weighted by Gasteiger charge is -2.43. The maximum absolute atomic E-state index is 13.8. The molecule has 3 atom stereocenters. The second-order valence-electron chi connectivity index (χ2n) is 11.4. The monoisotopic (exact) mass is 638 g/mol. The number of alkyl halides is 2. The Morgan fingerprint density at radius 3 is 2.33 bits per heavy atom. The van der Waals surface area contributed by atoms with Gasteiger partial charge in [-0.1, -0.05) is 25.1 Å². The number of carbonyl (C=O) groups is 2. The Balaban J connectivity index is 1.55. The second-order valence-corrected chi connectivity index (χ2v) is 11.4. The number of halogens is 2. The molecule has 1 aromatic carbocycles. The summed E-state index contributed by atoms with van der Waals surface area (Å²) in [5.74, 6) is 1.17. The van der Waals surface area contributed by atoms with Crippen LogP contribution in [-0.2, 0) is 29.4 Å². The molecule has 246 valence electrons. The Kier molecular flexibility index (Phi) is 10.5. The van der Waals surface area contributed by atoms with Crippen LogP contribution in [0.15, 0.2) is 42.7 Å². The summed E-state index contributed by atoms with van der Waals surface area (Å²) in [5.41, 5.74) is 2.55. The van der Waals surface area contributed by atoms with Crippen molar-refractivity contribution >= 4 is 23.6 Å². The number of anilines is 2. The molecule has 46 heavy (non-hydrogen) atoms. The minimum atomic E-state index is -0.733. The van der Waals surface area contributed by atoms with E-state index in [-0.39, 0.29) is 31.2 Å². The molecule has 1 saturated heterocycles. The fraction of sp³-hybridized carbons (Fsp3) is 0.485. The average Bonchev–Trinajstić information content (AvgIpc) is 3.55. The van der Waals surface area contributed by atoms with E-state index in [1.807, 2.05) is 11.8 Å². The molecule has 0 N–H and O–H groups in total. The fourth-order valence-electron chi connectivity index (χ4n) is 6.17. The Bertz CT molecular complexity index is 1500. The largest absolute Gasteiger partial charge is 0.485 e. The van der Waals surface area contributed by atoms with E-state index in [4.69, 9.17) is 19.2 Å². The third kappa shape index (κ3) is 7.13. The number of amides is 2. The van der Waals surface area contributed by atoms with Crippen LogP contribution in [0.1, 0.15) is 68.5 Å². The topological polar surface area (TPSA) is 110 Å². The molecule has 2 unspecified atom stereocenters. The van der Waals surface area contributed by atoms with Crippen LogP contribution < -0.4 is 19.3 Å². The van der Waals surface area contributed by atoms with Crippen molar-refractivity contribution in [2.75, 3.05) is 36.6 Å². The van der Waals surface area contributed by atoms with Crippen molar-refractivity contribution in [3.05, 3.63) is 65.1 Å². The maximum Gasteiger partial charge on any atom is 0.414 e. The van der Waals surface area contributed by atoms with Gasteiger partial charge in [-0.3, -0.25) is 9.69 Å². The van der Waals surface area contributed by atoms with Gasteiger partial charge in [0.1, 0.15) is 19.5 Å². The summed E-state index contributed by atoms with van der Waals surface area (Å²) < 4.78 is 44.6. The summed E-state index contributed by atoms with van der Waals surface area (Å²) in [7, 11) is 1.52. The van der Waals surface area contributed by atoms with Gasteiger partial charge < -0.3 is 24.0 Å². The highest BCUT2D eigenvalue weighted by Gasteiger charge is 2.41. The third-order valence-corrected chi connectivity index (χ3v) is 8.37. The number of benzene rings is 1. The molecule has 0 bridgehead atoms. The number of fused-ring (bicyclic) bond motifs is 1. The summed E-state index contributed by atoms with van der Waals surface area (Å²) >= 11 is 0. The van der Waals surface area contributed by atoms with Gasteiger partial charge >= 0.3 is 6.09 Å². The normalized spacial score (nSPS) is 19.0. The fourth-order valence-corrected chi connectivity index (χ4v) is 6.17. The molecule has 0 spiro atoms. The van der Waals surface area contributed by atoms with Crippen LogP contribution in [-0.4, -0.2) is 70.8 Å². The Morgan fingerprint density at radius 1 is 1.04 bits per heavy atom. The molecule has 4 heterocycles. The molecular weight excluding hydrogens is 598 g/mol. The Morgan fingerprint density at radius 2 is 1.74 bits per heavy atom. The van der Waals surface area contributed by atoms with E-state index in [1.165, 1.54) is 20.1 Å². The molecule has 5 rings (SSSR count). The number of aromatic nitrogens is 3. The van der Waals surface area contributed by atoms with Gasteiger partial charge in [0.2, 0.25) is 17.7 Å². The summed E-state index contributed by atoms with van der Waals surface area (Å²) in [6, 6.07) is 7.71. The second kappa shape index (κ2) is 14.7. The van der Waals surface area contributed by atoms with Crippen LogP contribution in [0.5, 0.6) is 11.6 Å². The van der Waals surface area contributed by atoms with Crippen LogP contribution in [0.25, 0.3) is 0 Å². The smallest absolute Gasteiger partial charge is 0.414 e. The van der Waals surface area contributed by atoms with Crippen LogP contribution in [0.2, 0.25) is 0 Å². The first kappa shape index (κ1) is 32.8. The van der Waals surface area contributed by atoms with E-state index in [0.717, 1.165) is 0 Å². The zero-order valence-electron chi connectivity index (χ0n) is 26.6. The minimum absolute atomic E-state index is 0.00555. The summed E-state index contributed by atoms with van der Waals surface area (Å²) in [4.78, 5) is 44.4. The van der Waals surface area contributed by atoms with Gasteiger partial charge in [0, 0.05) is 38.5 Å². The predicted molar refractivity (Wildman–Crippen MR) is 167 cm³/mol. The first-order chi connectivity index (χ1) is 22.3. The quantitative estimate of drug-likeness (QED) is 0.261. The average molecular weight is 639 g/mol. The molecule has 13 heteroatoms. The first-order valence-electron chi connectivity index (χ1n) is 15.5. The van der Waals surface area contributed by atoms with E-state index in [9.17, 15) is 18.4 Å². The van der Waals surface area contributed by atoms with Crippen molar-refractivity contribution in [3.63, 3.8) is 0 Å². The number of carbonyl (C=O) groups excluding carboxylic acids is 2. The van der Waals surface area contributed by atoms with E-state index >= 15 is 0 Å². The van der Waals surface area contributed by atoms with E-state index in [2.05, 4.69) is 9.97 Å². The van der Waals surface area contributed by atoms with E-state index in [0.29, 0.717) is 78.0 Å². The van der Waals surface area contributed by atoms with Gasteiger partial charge in [-0.25, -0.2) is 28.5 Å². The van der Waals surface area contributed by atoms with Gasteiger partial charge in [-0.2, -0.15) is 0 Å². The van der Waals surface area contributed by atoms with Crippen LogP contribution in [0.3, 0.4) is 0 Å². The number of hydrogen-bond acceptors (Lipinski definition) is 9. The van der Waals surface area contributed by atoms with E-state index < -0.39 is 25.5 Å². The summed E-state index contributed by atoms with van der Waals surface area (Å²) in [5, 5.41) is 0. The third-order valence-electron chi connectivity index (χ3n) is 8.37. The molecule has 11 nitrogen and oxygen atoms in total. The molecule has 2 aliphatic rings. The zero-order valence-corrected chi connectivity index (χ0v) is 26.6. The molecule has 0 saturated carbocycles. The molecule has 2 aromatic heterocycles. The predicted octanol–water partition coefficient (Wildman–Crippen LogP) is 5.71. The summed E-state index contributed by atoms with van der Waals surface area (Å²) in [6.07, 6.45) is 4.32. The van der Waals surface area contributed by atoms with Crippen LogP contribution in [0, 0.1) is 0 Å². The lowest BCUT2D eigenvalue weighted by Crippen LogP contribution is -2.48. The SMILES string of the molecule is CCOC(=O)N1c2ccc(OC)nc2C(N(Cc2cc(CF)cc(CF)c2)c2ncc(O[C@H]3CCN(C(C)=O)C3)cn2)CC1CC. The first-order valence-corrected chi connectivity index (χ1v) is 15.5. The van der Waals surface area contributed by atoms with Crippen molar-refractivity contribution in [1.82, 2.24) is 19.9 Å². The maximum atomic E-state index is 13.8. The highest BCUT2D eigenvalue weighted by atomic mass is 19.1. The number of rotatable bonds is 11. The number of ether oxygens (including phenoxy) is 3. The number of hydrogen-bond donors (Lipinski definition) is 0. The van der Waals surface area contributed by atoms with Gasteiger partial charge in [-0.15, -0.1) is 0 Å². The van der Waals surface area contributed by atoms with Gasteiger partial charge in [-0.05, 0) is 42.5 Å². The lowest BCUT2D eigenvalue weighted by molar-refractivity contribution is -0.128. The molecule has 3 aromatic rings. The molecule has 2 aliphatic heterocycles. The molecule has 0 aliphatic carbocycles. The van der Waals surface area contributed by atoms with Crippen molar-refractivity contribution in [2.24, 2.45) is 0 Å². The highest BCUT2D eigenvalue weighted by Crippen LogP contribution is 2.43. The summed E-state index contributed by atoms with van der Waals surface area (Å²) in [6.45, 7) is 5.38. The van der Waals surface area contributed by atoms with Gasteiger partial charge in [0.25, 0.3) is 0 Å². The number of nitrogens with zero attached hydrogens (tertiary/aromatic N) is 6. The molecule has 2 amide bonds. The van der Waals surface area contributed by atoms with E-state index in [1.54, 1.807) is 53.4 Å².